The van der Waals surface area contributed by atoms with Crippen LogP contribution in [0.15, 0.2) is 23.1 Å². The predicted molar refractivity (Wildman–Crippen MR) is 98.6 cm³/mol. The van der Waals surface area contributed by atoms with Gasteiger partial charge in [0.2, 0.25) is 0 Å². The number of aromatic hydroxyl groups is 1. The van der Waals surface area contributed by atoms with Crippen LogP contribution < -0.4 is 0 Å². The summed E-state index contributed by atoms with van der Waals surface area (Å²) in [7, 11) is 0. The van der Waals surface area contributed by atoms with Crippen LogP contribution in [0.2, 0.25) is 0 Å². The SMILES string of the molecule is CCCCC(CC)COC(=O)c1cccc(SC(C)OCC)c1O. The lowest BCUT2D eigenvalue weighted by molar-refractivity contribution is 0.0424. The van der Waals surface area contributed by atoms with Gasteiger partial charge in [-0.1, -0.05) is 50.9 Å². The van der Waals surface area contributed by atoms with Crippen molar-refractivity contribution in [3.05, 3.63) is 23.8 Å². The molecule has 0 radical (unpaired) electrons. The van der Waals surface area contributed by atoms with E-state index in [2.05, 4.69) is 13.8 Å². The molecule has 0 bridgehead atoms. The van der Waals surface area contributed by atoms with Crippen LogP contribution in [0.4, 0.5) is 0 Å². The summed E-state index contributed by atoms with van der Waals surface area (Å²) in [5.74, 6) is -0.110. The number of benzene rings is 1. The highest BCUT2D eigenvalue weighted by molar-refractivity contribution is 7.99. The number of esters is 1. The molecule has 4 nitrogen and oxygen atoms in total. The molecular formula is C19H30O4S. The van der Waals surface area contributed by atoms with E-state index in [9.17, 15) is 9.90 Å². The van der Waals surface area contributed by atoms with E-state index in [4.69, 9.17) is 9.47 Å². The molecule has 1 aromatic rings. The normalized spacial score (nSPS) is 13.5. The van der Waals surface area contributed by atoms with Crippen LogP contribution in [-0.2, 0) is 9.47 Å². The van der Waals surface area contributed by atoms with Gasteiger partial charge in [-0.2, -0.15) is 0 Å². The van der Waals surface area contributed by atoms with Crippen molar-refractivity contribution in [3.63, 3.8) is 0 Å². The van der Waals surface area contributed by atoms with E-state index in [1.807, 2.05) is 13.8 Å². The zero-order chi connectivity index (χ0) is 17.9. The number of thioether (sulfide) groups is 1. The van der Waals surface area contributed by atoms with Gasteiger partial charge in [0.15, 0.2) is 0 Å². The zero-order valence-corrected chi connectivity index (χ0v) is 16.0. The summed E-state index contributed by atoms with van der Waals surface area (Å²) in [6, 6.07) is 5.13. The van der Waals surface area contributed by atoms with Crippen molar-refractivity contribution in [2.24, 2.45) is 5.92 Å². The number of para-hydroxylation sites is 1. The molecular weight excluding hydrogens is 324 g/mol. The summed E-state index contributed by atoms with van der Waals surface area (Å²) in [6.45, 7) is 9.11. The van der Waals surface area contributed by atoms with E-state index in [0.29, 0.717) is 24.0 Å². The summed E-state index contributed by atoms with van der Waals surface area (Å²) in [5.41, 5.74) is 0.125. The fraction of sp³-hybridized carbons (Fsp3) is 0.632. The number of carbonyl (C=O) groups is 1. The van der Waals surface area contributed by atoms with Crippen molar-refractivity contribution in [2.45, 2.75) is 63.7 Å². The Labute approximate surface area is 149 Å². The van der Waals surface area contributed by atoms with E-state index < -0.39 is 5.97 Å². The first-order valence-electron chi connectivity index (χ1n) is 8.80. The molecule has 0 saturated carbocycles. The molecule has 2 unspecified atom stereocenters. The molecule has 0 amide bonds. The number of hydrogen-bond donors (Lipinski definition) is 1. The summed E-state index contributed by atoms with van der Waals surface area (Å²) >= 11 is 1.39. The summed E-state index contributed by atoms with van der Waals surface area (Å²) in [4.78, 5) is 12.9. The van der Waals surface area contributed by atoms with Crippen molar-refractivity contribution in [3.8, 4) is 5.75 Å². The number of ether oxygens (including phenoxy) is 2. The highest BCUT2D eigenvalue weighted by Gasteiger charge is 2.18. The maximum absolute atomic E-state index is 12.3. The van der Waals surface area contributed by atoms with Gasteiger partial charge in [0.05, 0.1) is 11.5 Å². The topological polar surface area (TPSA) is 55.8 Å². The first kappa shape index (κ1) is 20.8. The third-order valence-corrected chi connectivity index (χ3v) is 4.96. The highest BCUT2D eigenvalue weighted by Crippen LogP contribution is 2.34. The second-order valence-corrected chi connectivity index (χ2v) is 7.15. The molecule has 1 rings (SSSR count). The van der Waals surface area contributed by atoms with Gasteiger partial charge in [0.1, 0.15) is 16.7 Å². The standard InChI is InChI=1S/C19H30O4S/c1-5-8-10-15(6-2)13-23-19(21)16-11-9-12-17(18(16)20)24-14(4)22-7-3/h9,11-12,14-15,20H,5-8,10,13H2,1-4H3. The molecule has 1 aromatic carbocycles. The quantitative estimate of drug-likeness (QED) is 0.334. The molecule has 0 spiro atoms. The van der Waals surface area contributed by atoms with Gasteiger partial charge in [-0.25, -0.2) is 4.79 Å². The highest BCUT2D eigenvalue weighted by atomic mass is 32.2. The van der Waals surface area contributed by atoms with Gasteiger partial charge in [0.25, 0.3) is 0 Å². The Hall–Kier alpha value is -1.20. The fourth-order valence-corrected chi connectivity index (χ4v) is 3.34. The largest absolute Gasteiger partial charge is 0.506 e. The van der Waals surface area contributed by atoms with Crippen molar-refractivity contribution >= 4 is 17.7 Å². The number of rotatable bonds is 11. The van der Waals surface area contributed by atoms with Crippen LogP contribution in [0.25, 0.3) is 0 Å². The van der Waals surface area contributed by atoms with E-state index in [0.717, 1.165) is 25.7 Å². The van der Waals surface area contributed by atoms with Crippen molar-refractivity contribution in [1.82, 2.24) is 0 Å². The number of unbranched alkanes of at least 4 members (excludes halogenated alkanes) is 1. The van der Waals surface area contributed by atoms with Crippen molar-refractivity contribution < 1.29 is 19.4 Å². The van der Waals surface area contributed by atoms with Gasteiger partial charge in [0, 0.05) is 6.61 Å². The Morgan fingerprint density at radius 2 is 2.04 bits per heavy atom. The van der Waals surface area contributed by atoms with E-state index in [1.54, 1.807) is 18.2 Å². The number of carbonyl (C=O) groups excluding carboxylic acids is 1. The predicted octanol–water partition coefficient (Wildman–Crippen LogP) is 5.24. The lowest BCUT2D eigenvalue weighted by atomic mass is 10.0. The van der Waals surface area contributed by atoms with Crippen molar-refractivity contribution in [1.29, 1.82) is 0 Å². The maximum Gasteiger partial charge on any atom is 0.341 e. The minimum atomic E-state index is -0.464. The molecule has 0 aromatic heterocycles. The molecule has 1 N–H and O–H groups in total. The fourth-order valence-electron chi connectivity index (χ4n) is 2.40. The molecule has 0 aliphatic heterocycles. The van der Waals surface area contributed by atoms with E-state index in [-0.39, 0.29) is 16.7 Å². The lowest BCUT2D eigenvalue weighted by Crippen LogP contribution is -2.14. The van der Waals surface area contributed by atoms with E-state index in [1.165, 1.54) is 11.8 Å². The third-order valence-electron chi connectivity index (χ3n) is 3.91. The van der Waals surface area contributed by atoms with Crippen LogP contribution in [0.5, 0.6) is 5.75 Å². The van der Waals surface area contributed by atoms with Crippen LogP contribution in [-0.4, -0.2) is 29.7 Å². The number of hydrogen-bond acceptors (Lipinski definition) is 5. The van der Waals surface area contributed by atoms with Crippen molar-refractivity contribution in [2.75, 3.05) is 13.2 Å². The van der Waals surface area contributed by atoms with Gasteiger partial charge in [-0.3, -0.25) is 0 Å². The second kappa shape index (κ2) is 11.4. The van der Waals surface area contributed by atoms with Gasteiger partial charge in [-0.15, -0.1) is 0 Å². The molecule has 0 heterocycles. The average Bonchev–Trinajstić information content (AvgIpc) is 2.57. The lowest BCUT2D eigenvalue weighted by Gasteiger charge is -2.16. The summed E-state index contributed by atoms with van der Waals surface area (Å²) in [5, 5.41) is 10.4. The monoisotopic (exact) mass is 354 g/mol. The molecule has 136 valence electrons. The number of phenols is 1. The maximum atomic E-state index is 12.3. The average molecular weight is 355 g/mol. The Bertz CT molecular complexity index is 504. The molecule has 0 saturated heterocycles. The summed E-state index contributed by atoms with van der Waals surface area (Å²) < 4.78 is 10.9. The minimum absolute atomic E-state index is 0.0272. The zero-order valence-electron chi connectivity index (χ0n) is 15.2. The van der Waals surface area contributed by atoms with Gasteiger partial charge < -0.3 is 14.6 Å². The van der Waals surface area contributed by atoms with E-state index >= 15 is 0 Å². The Balaban J connectivity index is 2.70. The number of phenolic OH excluding ortho intramolecular Hbond substituents is 1. The first-order valence-corrected chi connectivity index (χ1v) is 9.68. The molecule has 0 fully saturated rings. The first-order chi connectivity index (χ1) is 11.5. The molecule has 0 aliphatic rings. The molecule has 5 heteroatoms. The van der Waals surface area contributed by atoms with Crippen LogP contribution in [0.1, 0.15) is 63.7 Å². The second-order valence-electron chi connectivity index (χ2n) is 5.81. The molecule has 2 atom stereocenters. The van der Waals surface area contributed by atoms with Crippen LogP contribution >= 0.6 is 11.8 Å². The van der Waals surface area contributed by atoms with Gasteiger partial charge >= 0.3 is 5.97 Å². The molecule has 0 aliphatic carbocycles. The van der Waals surface area contributed by atoms with Crippen LogP contribution in [0.3, 0.4) is 0 Å². The smallest absolute Gasteiger partial charge is 0.341 e. The third kappa shape index (κ3) is 6.73. The van der Waals surface area contributed by atoms with Crippen LogP contribution in [0, 0.1) is 5.92 Å². The minimum Gasteiger partial charge on any atom is -0.506 e. The summed E-state index contributed by atoms with van der Waals surface area (Å²) in [6.07, 6.45) is 4.33. The Kier molecular flexibility index (Phi) is 9.88. The van der Waals surface area contributed by atoms with Gasteiger partial charge in [-0.05, 0) is 38.3 Å². The molecule has 24 heavy (non-hydrogen) atoms. The Morgan fingerprint density at radius 3 is 2.67 bits per heavy atom. The Morgan fingerprint density at radius 1 is 1.29 bits per heavy atom.